The van der Waals surface area contributed by atoms with E-state index >= 15 is 0 Å². The monoisotopic (exact) mass is 495 g/mol. The van der Waals surface area contributed by atoms with Crippen LogP contribution in [-0.2, 0) is 19.0 Å². The van der Waals surface area contributed by atoms with Crippen LogP contribution in [0, 0.1) is 0 Å². The van der Waals surface area contributed by atoms with Gasteiger partial charge in [-0.1, -0.05) is 6.92 Å². The van der Waals surface area contributed by atoms with Crippen molar-refractivity contribution in [2.45, 2.75) is 49.4 Å². The zero-order valence-electron chi connectivity index (χ0n) is 17.2. The Morgan fingerprint density at radius 1 is 1.31 bits per heavy atom. The van der Waals surface area contributed by atoms with Crippen LogP contribution >= 0.6 is 19.7 Å². The van der Waals surface area contributed by atoms with Gasteiger partial charge >= 0.3 is 180 Å². The first kappa shape index (κ1) is 25.0. The normalized spacial score (nSPS) is 25.2. The molecule has 2 aromatic rings. The van der Waals surface area contributed by atoms with Crippen molar-refractivity contribution in [3.63, 3.8) is 0 Å². The molecule has 7 N–H and O–H groups in total. The molecule has 1 saturated heterocycles. The van der Waals surface area contributed by atoms with E-state index in [1.807, 2.05) is 6.92 Å². The summed E-state index contributed by atoms with van der Waals surface area (Å²) in [5, 5.41) is 21.3. The second-order valence-electron chi connectivity index (χ2n) is 6.85. The maximum absolute atomic E-state index is 11.9. The summed E-state index contributed by atoms with van der Waals surface area (Å²) in [7, 11) is -5.07. The number of carbonyl (C=O) groups excluding carboxylic acids is 1. The van der Waals surface area contributed by atoms with Gasteiger partial charge in [-0.2, -0.15) is 0 Å². The van der Waals surface area contributed by atoms with E-state index in [1.54, 1.807) is 0 Å². The summed E-state index contributed by atoms with van der Waals surface area (Å²) in [6.07, 6.45) is -3.92. The number of ether oxygens (including phenoxy) is 3. The molecule has 0 radical (unpaired) electrons. The molecule has 1 aliphatic rings. The number of nitrogens with two attached hydrogens (primary N) is 1. The van der Waals surface area contributed by atoms with Gasteiger partial charge in [-0.15, -0.1) is 0 Å². The molecule has 3 heterocycles. The molecular formula is C16H26N5O9PS. The van der Waals surface area contributed by atoms with E-state index in [0.717, 1.165) is 0 Å². The van der Waals surface area contributed by atoms with Gasteiger partial charge in [0.05, 0.1) is 0 Å². The molecule has 0 amide bonds. The van der Waals surface area contributed by atoms with Crippen molar-refractivity contribution in [3.05, 3.63) is 6.33 Å². The number of nitrogens with zero attached hydrogens (tertiary/aromatic N) is 4. The van der Waals surface area contributed by atoms with Crippen LogP contribution in [0.2, 0.25) is 0 Å². The van der Waals surface area contributed by atoms with E-state index in [9.17, 15) is 29.7 Å². The van der Waals surface area contributed by atoms with Crippen LogP contribution in [0.25, 0.3) is 11.2 Å². The summed E-state index contributed by atoms with van der Waals surface area (Å²) in [6, 6.07) is 0. The van der Waals surface area contributed by atoms with Crippen LogP contribution in [0.3, 0.4) is 0 Å². The molecule has 0 unspecified atom stereocenters. The number of hydrogen-bond acceptors (Lipinski definition) is 14. The van der Waals surface area contributed by atoms with E-state index in [-0.39, 0.29) is 23.6 Å². The molecule has 0 spiro atoms. The van der Waals surface area contributed by atoms with Gasteiger partial charge in [-0.05, 0) is 0 Å². The number of aliphatic hydroxyl groups is 2. The van der Waals surface area contributed by atoms with Crippen molar-refractivity contribution >= 4 is 42.7 Å². The minimum atomic E-state index is -5.07. The number of carbonyl (C=O) groups is 1. The van der Waals surface area contributed by atoms with Crippen LogP contribution < -0.4 is 5.73 Å². The molecule has 5 atom stereocenters. The number of thioether (sulfide) groups is 1. The van der Waals surface area contributed by atoms with Gasteiger partial charge in [-0.25, -0.2) is 0 Å². The Hall–Kier alpha value is -1.68. The molecule has 1 aliphatic heterocycles. The first-order valence-electron chi connectivity index (χ1n) is 9.68. The van der Waals surface area contributed by atoms with Crippen molar-refractivity contribution in [2.24, 2.45) is 0 Å². The zero-order chi connectivity index (χ0) is 23.6. The van der Waals surface area contributed by atoms with Gasteiger partial charge in [0.25, 0.3) is 0 Å². The van der Waals surface area contributed by atoms with E-state index < -0.39 is 50.9 Å². The van der Waals surface area contributed by atoms with Crippen LogP contribution in [-0.4, -0.2) is 93.5 Å². The predicted molar refractivity (Wildman–Crippen MR) is 113 cm³/mol. The second kappa shape index (κ2) is 10.1. The van der Waals surface area contributed by atoms with Gasteiger partial charge in [0, 0.05) is 0 Å². The molecule has 14 nitrogen and oxygen atoms in total. The average Bonchev–Trinajstić information content (AvgIpc) is 3.24. The molecule has 1 fully saturated rings. The summed E-state index contributed by atoms with van der Waals surface area (Å²) in [6.45, 7) is 2.77. The summed E-state index contributed by atoms with van der Waals surface area (Å²) in [5.41, 5.74) is 6.51. The Bertz CT molecular complexity index is 958. The third-order valence-electron chi connectivity index (χ3n) is 4.59. The number of imidazole rings is 1. The van der Waals surface area contributed by atoms with Crippen LogP contribution in [0.15, 0.2) is 11.5 Å². The third kappa shape index (κ3) is 5.11. The van der Waals surface area contributed by atoms with E-state index in [4.69, 9.17) is 15.2 Å². The fourth-order valence-electron chi connectivity index (χ4n) is 3.14. The standard InChI is InChI=1S/C16H26N5O9PS/c1-3-28-14(24)15(31(25,26)27)29-5-7-9(22)10(23)13(30-7)21-6-18-8-11(17)19-16(32-4-2)20-12(8)21/h6-7,9-10,13,15,22-23,25-27,31H,3-5H2,1-2H3,(H2,17,19,20)/t7-,9-,10-,13-,15+/m1/s1. The maximum atomic E-state index is 11.9. The van der Waals surface area contributed by atoms with Gasteiger partial charge in [0.1, 0.15) is 0 Å². The number of nitrogen functional groups attached to an aromatic ring is 1. The second-order valence-corrected chi connectivity index (χ2v) is 9.98. The van der Waals surface area contributed by atoms with Crippen molar-refractivity contribution in [3.8, 4) is 0 Å². The number of hydrogen-bond donors (Lipinski definition) is 6. The molecule has 0 aliphatic carbocycles. The minimum absolute atomic E-state index is 0.0798. The summed E-state index contributed by atoms with van der Waals surface area (Å²) in [4.78, 5) is 53.1. The Labute approximate surface area is 186 Å². The summed E-state index contributed by atoms with van der Waals surface area (Å²) in [5.74, 6) is -2.38. The summed E-state index contributed by atoms with van der Waals surface area (Å²) >= 11 is 1.35. The quantitative estimate of drug-likeness (QED) is 0.101. The molecule has 0 bridgehead atoms. The van der Waals surface area contributed by atoms with Gasteiger partial charge in [0.15, 0.2) is 0 Å². The zero-order valence-corrected chi connectivity index (χ0v) is 19.0. The Morgan fingerprint density at radius 3 is 2.66 bits per heavy atom. The number of aromatic nitrogens is 4. The van der Waals surface area contributed by atoms with Crippen LogP contribution in [0.1, 0.15) is 20.1 Å². The Balaban J connectivity index is 1.80. The fraction of sp³-hybridized carbons (Fsp3) is 0.625. The molecule has 180 valence electrons. The van der Waals surface area contributed by atoms with E-state index in [0.29, 0.717) is 10.9 Å². The Kier molecular flexibility index (Phi) is 7.85. The van der Waals surface area contributed by atoms with E-state index in [2.05, 4.69) is 19.7 Å². The SMILES string of the molecule is CCOC(=O)[C@@H](OC[C@H]1O[C@@H](n2cnc3c(N)nc(SCC)nc32)[C@H](O)[C@@H]1O)[PH](O)(O)O. The number of fused-ring (bicyclic) bond motifs is 1. The summed E-state index contributed by atoms with van der Waals surface area (Å²) < 4.78 is 16.8. The number of aliphatic hydroxyl groups excluding tert-OH is 2. The van der Waals surface area contributed by atoms with Crippen LogP contribution in [0.5, 0.6) is 0 Å². The number of esters is 1. The first-order chi connectivity index (χ1) is 15.1. The molecule has 0 aromatic carbocycles. The Morgan fingerprint density at radius 2 is 2.03 bits per heavy atom. The fourth-order valence-corrected chi connectivity index (χ4v) is 4.43. The van der Waals surface area contributed by atoms with Gasteiger partial charge in [-0.3, -0.25) is 0 Å². The van der Waals surface area contributed by atoms with Crippen molar-refractivity contribution in [2.75, 3.05) is 24.7 Å². The molecule has 16 heteroatoms. The molecule has 3 rings (SSSR count). The van der Waals surface area contributed by atoms with Crippen molar-refractivity contribution in [1.82, 2.24) is 19.5 Å². The molecule has 0 saturated carbocycles. The van der Waals surface area contributed by atoms with E-state index in [1.165, 1.54) is 29.6 Å². The average molecular weight is 495 g/mol. The third-order valence-corrected chi connectivity index (χ3v) is 6.43. The van der Waals surface area contributed by atoms with Crippen LogP contribution in [0.4, 0.5) is 5.82 Å². The van der Waals surface area contributed by atoms with Crippen molar-refractivity contribution < 1.29 is 43.9 Å². The first-order valence-corrected chi connectivity index (χ1v) is 12.6. The van der Waals surface area contributed by atoms with Gasteiger partial charge in [0.2, 0.25) is 0 Å². The molecule has 32 heavy (non-hydrogen) atoms. The predicted octanol–water partition coefficient (Wildman–Crippen LogP) is -1.48. The van der Waals surface area contributed by atoms with Crippen molar-refractivity contribution in [1.29, 1.82) is 0 Å². The molecular weight excluding hydrogens is 469 g/mol. The number of anilines is 1. The molecule has 2 aromatic heterocycles. The topological polar surface area (TPSA) is 216 Å². The van der Waals surface area contributed by atoms with Gasteiger partial charge < -0.3 is 0 Å². The number of rotatable bonds is 9.